The highest BCUT2D eigenvalue weighted by Crippen LogP contribution is 2.37. The fourth-order valence-corrected chi connectivity index (χ4v) is 3.43. The van der Waals surface area contributed by atoms with Crippen LogP contribution in [-0.2, 0) is 9.53 Å². The number of carbonyl (C=O) groups is 1. The van der Waals surface area contributed by atoms with Gasteiger partial charge in [0.25, 0.3) is 5.91 Å². The zero-order valence-corrected chi connectivity index (χ0v) is 12.0. The molecule has 0 bridgehead atoms. The van der Waals surface area contributed by atoms with Crippen molar-refractivity contribution in [2.75, 3.05) is 19.0 Å². The van der Waals surface area contributed by atoms with Gasteiger partial charge in [0.05, 0.1) is 0 Å². The number of hydrogen-bond acceptors (Lipinski definition) is 2. The number of rotatable bonds is 4. The van der Waals surface area contributed by atoms with Gasteiger partial charge in [0.2, 0.25) is 0 Å². The second-order valence-corrected chi connectivity index (χ2v) is 6.33. The van der Waals surface area contributed by atoms with Gasteiger partial charge in [-0.25, -0.2) is 0 Å². The normalized spacial score (nSPS) is 31.2. The highest BCUT2D eigenvalue weighted by atomic mass is 35.5. The second-order valence-electron chi connectivity index (χ2n) is 6.06. The molecule has 3 nitrogen and oxygen atoms in total. The third kappa shape index (κ3) is 3.00. The molecule has 0 aromatic heterocycles. The van der Waals surface area contributed by atoms with E-state index in [-0.39, 0.29) is 11.3 Å². The lowest BCUT2D eigenvalue weighted by Crippen LogP contribution is -2.48. The molecule has 2 fully saturated rings. The Morgan fingerprint density at radius 2 is 1.94 bits per heavy atom. The molecule has 1 atom stereocenters. The molecule has 1 N–H and O–H groups in total. The van der Waals surface area contributed by atoms with Gasteiger partial charge in [-0.15, -0.1) is 11.6 Å². The molecular weight excluding hydrogens is 250 g/mol. The Bertz CT molecular complexity index is 294. The maximum Gasteiger partial charge on any atom is 0.251 e. The molecule has 0 radical (unpaired) electrons. The molecule has 1 aliphatic heterocycles. The molecule has 2 aliphatic rings. The molecule has 1 amide bonds. The highest BCUT2D eigenvalue weighted by molar-refractivity contribution is 6.18. The van der Waals surface area contributed by atoms with E-state index in [1.807, 2.05) is 6.92 Å². The number of nitrogens with one attached hydrogen (secondary N) is 1. The number of hydrogen-bond donors (Lipinski definition) is 1. The zero-order chi connectivity index (χ0) is 13.1. The topological polar surface area (TPSA) is 38.3 Å². The number of amides is 1. The van der Waals surface area contributed by atoms with Crippen LogP contribution in [0.15, 0.2) is 0 Å². The first-order chi connectivity index (χ1) is 8.60. The Morgan fingerprint density at radius 3 is 2.50 bits per heavy atom. The Labute approximate surface area is 115 Å². The molecule has 1 unspecified atom stereocenters. The summed E-state index contributed by atoms with van der Waals surface area (Å²) in [5, 5.41) is 3.08. The molecule has 1 aliphatic carbocycles. The van der Waals surface area contributed by atoms with Crippen molar-refractivity contribution in [1.82, 2.24) is 5.32 Å². The van der Waals surface area contributed by atoms with Crippen LogP contribution in [0.5, 0.6) is 0 Å². The Hall–Kier alpha value is -0.280. The SMILES string of the molecule is CC1(C(=O)NCC2(CCl)CCCCC2)CCCO1. The first kappa shape index (κ1) is 14.1. The summed E-state index contributed by atoms with van der Waals surface area (Å²) >= 11 is 6.13. The molecule has 0 spiro atoms. The minimum atomic E-state index is -0.609. The lowest BCUT2D eigenvalue weighted by atomic mass is 9.75. The summed E-state index contributed by atoms with van der Waals surface area (Å²) in [6.07, 6.45) is 7.83. The lowest BCUT2D eigenvalue weighted by molar-refractivity contribution is -0.140. The smallest absolute Gasteiger partial charge is 0.251 e. The van der Waals surface area contributed by atoms with Gasteiger partial charge >= 0.3 is 0 Å². The molecule has 18 heavy (non-hydrogen) atoms. The van der Waals surface area contributed by atoms with Crippen LogP contribution in [0.2, 0.25) is 0 Å². The van der Waals surface area contributed by atoms with E-state index in [0.29, 0.717) is 19.0 Å². The summed E-state index contributed by atoms with van der Waals surface area (Å²) in [5.74, 6) is 0.681. The number of carbonyl (C=O) groups excluding carboxylic acids is 1. The summed E-state index contributed by atoms with van der Waals surface area (Å²) < 4.78 is 5.56. The average Bonchev–Trinajstić information content (AvgIpc) is 2.85. The van der Waals surface area contributed by atoms with Gasteiger partial charge in [-0.1, -0.05) is 19.3 Å². The van der Waals surface area contributed by atoms with Crippen LogP contribution < -0.4 is 5.32 Å². The molecular formula is C14H24ClNO2. The van der Waals surface area contributed by atoms with Gasteiger partial charge in [-0.3, -0.25) is 4.79 Å². The minimum Gasteiger partial charge on any atom is -0.365 e. The molecule has 0 aromatic carbocycles. The van der Waals surface area contributed by atoms with Crippen molar-refractivity contribution in [2.45, 2.75) is 57.5 Å². The number of alkyl halides is 1. The Balaban J connectivity index is 1.87. The van der Waals surface area contributed by atoms with E-state index in [9.17, 15) is 4.79 Å². The predicted molar refractivity (Wildman–Crippen MR) is 72.8 cm³/mol. The van der Waals surface area contributed by atoms with E-state index < -0.39 is 5.60 Å². The zero-order valence-electron chi connectivity index (χ0n) is 11.3. The molecule has 1 saturated carbocycles. The van der Waals surface area contributed by atoms with Crippen molar-refractivity contribution in [1.29, 1.82) is 0 Å². The minimum absolute atomic E-state index is 0.0371. The molecule has 4 heteroatoms. The average molecular weight is 274 g/mol. The predicted octanol–water partition coefficient (Wildman–Crippen LogP) is 2.86. The van der Waals surface area contributed by atoms with Crippen LogP contribution in [-0.4, -0.2) is 30.5 Å². The number of halogens is 1. The fourth-order valence-electron chi connectivity index (χ4n) is 3.07. The van der Waals surface area contributed by atoms with Crippen LogP contribution in [0.4, 0.5) is 0 Å². The lowest BCUT2D eigenvalue weighted by Gasteiger charge is -2.36. The summed E-state index contributed by atoms with van der Waals surface area (Å²) in [5.41, 5.74) is -0.493. The maximum absolute atomic E-state index is 12.2. The van der Waals surface area contributed by atoms with Crippen molar-refractivity contribution in [2.24, 2.45) is 5.41 Å². The van der Waals surface area contributed by atoms with Gasteiger partial charge in [0.1, 0.15) is 5.60 Å². The molecule has 2 rings (SSSR count). The Morgan fingerprint density at radius 1 is 1.22 bits per heavy atom. The van der Waals surface area contributed by atoms with E-state index in [2.05, 4.69) is 5.32 Å². The summed E-state index contributed by atoms with van der Waals surface area (Å²) in [7, 11) is 0. The van der Waals surface area contributed by atoms with Crippen LogP contribution in [0, 0.1) is 5.41 Å². The van der Waals surface area contributed by atoms with Crippen molar-refractivity contribution < 1.29 is 9.53 Å². The molecule has 0 aromatic rings. The van der Waals surface area contributed by atoms with Gasteiger partial charge in [-0.05, 0) is 32.6 Å². The summed E-state index contributed by atoms with van der Waals surface area (Å²) in [6, 6.07) is 0. The van der Waals surface area contributed by atoms with Crippen molar-refractivity contribution in [3.8, 4) is 0 Å². The first-order valence-corrected chi connectivity index (χ1v) is 7.62. The van der Waals surface area contributed by atoms with Gasteiger partial charge in [0, 0.05) is 24.4 Å². The molecule has 104 valence electrons. The Kier molecular flexibility index (Phi) is 4.54. The van der Waals surface area contributed by atoms with Crippen LogP contribution in [0.25, 0.3) is 0 Å². The first-order valence-electron chi connectivity index (χ1n) is 7.09. The molecule has 1 heterocycles. The monoisotopic (exact) mass is 273 g/mol. The van der Waals surface area contributed by atoms with Gasteiger partial charge in [-0.2, -0.15) is 0 Å². The second kappa shape index (κ2) is 5.79. The standard InChI is InChI=1S/C14H24ClNO2/c1-13(6-5-9-18-13)12(17)16-11-14(10-15)7-3-2-4-8-14/h2-11H2,1H3,(H,16,17). The largest absolute Gasteiger partial charge is 0.365 e. The van der Waals surface area contributed by atoms with Crippen LogP contribution in [0.3, 0.4) is 0 Å². The summed E-state index contributed by atoms with van der Waals surface area (Å²) in [4.78, 5) is 12.2. The van der Waals surface area contributed by atoms with Crippen molar-refractivity contribution in [3.05, 3.63) is 0 Å². The van der Waals surface area contributed by atoms with Crippen molar-refractivity contribution >= 4 is 17.5 Å². The quantitative estimate of drug-likeness (QED) is 0.800. The fraction of sp³-hybridized carbons (Fsp3) is 0.929. The van der Waals surface area contributed by atoms with Crippen LogP contribution in [0.1, 0.15) is 51.9 Å². The van der Waals surface area contributed by atoms with E-state index >= 15 is 0 Å². The van der Waals surface area contributed by atoms with Crippen molar-refractivity contribution in [3.63, 3.8) is 0 Å². The third-order valence-corrected chi connectivity index (χ3v) is 5.09. The highest BCUT2D eigenvalue weighted by Gasteiger charge is 2.39. The van der Waals surface area contributed by atoms with E-state index in [1.54, 1.807) is 0 Å². The summed E-state index contributed by atoms with van der Waals surface area (Å²) in [6.45, 7) is 3.29. The van der Waals surface area contributed by atoms with Gasteiger partial charge in [0.15, 0.2) is 0 Å². The number of ether oxygens (including phenoxy) is 1. The van der Waals surface area contributed by atoms with E-state index in [4.69, 9.17) is 16.3 Å². The van der Waals surface area contributed by atoms with E-state index in [0.717, 1.165) is 25.7 Å². The van der Waals surface area contributed by atoms with Crippen LogP contribution >= 0.6 is 11.6 Å². The third-order valence-electron chi connectivity index (χ3n) is 4.52. The maximum atomic E-state index is 12.2. The molecule has 1 saturated heterocycles. The van der Waals surface area contributed by atoms with Gasteiger partial charge < -0.3 is 10.1 Å². The van der Waals surface area contributed by atoms with E-state index in [1.165, 1.54) is 19.3 Å².